The van der Waals surface area contributed by atoms with Gasteiger partial charge in [-0.1, -0.05) is 29.8 Å². The van der Waals surface area contributed by atoms with Crippen molar-refractivity contribution in [1.82, 2.24) is 4.90 Å². The molecule has 1 heterocycles. The lowest BCUT2D eigenvalue weighted by Crippen LogP contribution is -2.31. The zero-order chi connectivity index (χ0) is 25.9. The number of anilines is 2. The van der Waals surface area contributed by atoms with Crippen LogP contribution in [0.1, 0.15) is 16.7 Å². The van der Waals surface area contributed by atoms with Crippen LogP contribution in [0.4, 0.5) is 15.8 Å². The van der Waals surface area contributed by atoms with E-state index in [2.05, 4.69) is 9.71 Å². The maximum Gasteiger partial charge on any atom is 0.284 e. The molecule has 0 aromatic heterocycles. The first-order chi connectivity index (χ1) is 17.1. The van der Waals surface area contributed by atoms with Crippen LogP contribution >= 0.6 is 11.6 Å². The molecule has 1 aliphatic heterocycles. The number of hydrogen-bond acceptors (Lipinski definition) is 4. The van der Waals surface area contributed by atoms with E-state index in [1.807, 2.05) is 4.90 Å². The van der Waals surface area contributed by atoms with Crippen molar-refractivity contribution in [3.8, 4) is 0 Å². The molecular weight excluding hydrogens is 503 g/mol. The molecule has 10 heteroatoms. The molecule has 0 fully saturated rings. The molecule has 1 aliphatic rings. The molecule has 0 bridgehead atoms. The summed E-state index contributed by atoms with van der Waals surface area (Å²) in [6.45, 7) is 0.950. The normalized spacial score (nSPS) is 13.5. The van der Waals surface area contributed by atoms with E-state index < -0.39 is 10.0 Å². The molecular formula is C26H26ClFN4O3S. The molecule has 0 unspecified atom stereocenters. The molecule has 1 N–H and O–H groups in total. The number of halogens is 2. The van der Waals surface area contributed by atoms with Gasteiger partial charge in [0.05, 0.1) is 11.3 Å². The largest absolute Gasteiger partial charge is 0.368 e. The van der Waals surface area contributed by atoms with Gasteiger partial charge in [0.2, 0.25) is 5.91 Å². The number of nitrogens with zero attached hydrogens (tertiary/aromatic N) is 3. The predicted molar refractivity (Wildman–Crippen MR) is 141 cm³/mol. The summed E-state index contributed by atoms with van der Waals surface area (Å²) in [5.41, 5.74) is 3.25. The van der Waals surface area contributed by atoms with Crippen LogP contribution in [-0.4, -0.2) is 46.2 Å². The molecule has 4 rings (SSSR count). The van der Waals surface area contributed by atoms with Crippen molar-refractivity contribution in [3.05, 3.63) is 88.2 Å². The smallest absolute Gasteiger partial charge is 0.284 e. The molecule has 36 heavy (non-hydrogen) atoms. The molecule has 0 aliphatic carbocycles. The Labute approximate surface area is 215 Å². The van der Waals surface area contributed by atoms with Gasteiger partial charge in [-0.15, -0.1) is 4.40 Å². The number of sulfonamides is 1. The Hall–Kier alpha value is -3.43. The second kappa shape index (κ2) is 10.7. The molecule has 1 amide bonds. The summed E-state index contributed by atoms with van der Waals surface area (Å²) in [6.07, 6.45) is 1.73. The van der Waals surface area contributed by atoms with Crippen molar-refractivity contribution in [2.45, 2.75) is 24.3 Å². The summed E-state index contributed by atoms with van der Waals surface area (Å²) >= 11 is 6.19. The van der Waals surface area contributed by atoms with E-state index in [1.54, 1.807) is 56.6 Å². The number of nitrogens with one attached hydrogen (secondary N) is 1. The Kier molecular flexibility index (Phi) is 7.61. The molecule has 3 aromatic rings. The van der Waals surface area contributed by atoms with Gasteiger partial charge in [0.15, 0.2) is 0 Å². The van der Waals surface area contributed by atoms with Crippen molar-refractivity contribution in [2.75, 3.05) is 30.9 Å². The first-order valence-corrected chi connectivity index (χ1v) is 13.1. The summed E-state index contributed by atoms with van der Waals surface area (Å²) < 4.78 is 43.5. The van der Waals surface area contributed by atoms with E-state index in [0.717, 1.165) is 11.3 Å². The van der Waals surface area contributed by atoms with Crippen molar-refractivity contribution < 1.29 is 17.6 Å². The lowest BCUT2D eigenvalue weighted by atomic mass is 9.98. The maximum absolute atomic E-state index is 13.4. The van der Waals surface area contributed by atoms with E-state index in [0.29, 0.717) is 41.3 Å². The van der Waals surface area contributed by atoms with E-state index in [9.17, 15) is 17.6 Å². The van der Waals surface area contributed by atoms with Crippen LogP contribution in [0.15, 0.2) is 70.0 Å². The van der Waals surface area contributed by atoms with Gasteiger partial charge in [0, 0.05) is 43.6 Å². The van der Waals surface area contributed by atoms with E-state index >= 15 is 0 Å². The Balaban J connectivity index is 1.69. The molecule has 7 nitrogen and oxygen atoms in total. The number of fused-ring (bicyclic) bond motifs is 1. The summed E-state index contributed by atoms with van der Waals surface area (Å²) in [7, 11) is -0.659. The van der Waals surface area contributed by atoms with Crippen LogP contribution in [-0.2, 0) is 34.2 Å². The van der Waals surface area contributed by atoms with Gasteiger partial charge in [0.25, 0.3) is 10.0 Å². The van der Waals surface area contributed by atoms with Gasteiger partial charge in [-0.2, -0.15) is 8.42 Å². The number of amides is 1. The maximum atomic E-state index is 13.4. The third kappa shape index (κ3) is 6.03. The summed E-state index contributed by atoms with van der Waals surface area (Å²) in [6, 6.07) is 16.5. The molecule has 0 saturated heterocycles. The second-order valence-corrected chi connectivity index (χ2v) is 10.7. The van der Waals surface area contributed by atoms with Gasteiger partial charge in [0.1, 0.15) is 12.2 Å². The number of carbonyl (C=O) groups is 1. The van der Waals surface area contributed by atoms with Crippen LogP contribution in [0.2, 0.25) is 5.02 Å². The molecule has 3 aromatic carbocycles. The van der Waals surface area contributed by atoms with Crippen LogP contribution in [0, 0.1) is 5.82 Å². The van der Waals surface area contributed by atoms with Crippen molar-refractivity contribution >= 4 is 45.2 Å². The molecule has 0 saturated carbocycles. The minimum Gasteiger partial charge on any atom is -0.368 e. The van der Waals surface area contributed by atoms with Gasteiger partial charge in [-0.05, 0) is 65.6 Å². The summed E-state index contributed by atoms with van der Waals surface area (Å²) in [5.74, 6) is -0.652. The fourth-order valence-corrected chi connectivity index (χ4v) is 5.52. The quantitative estimate of drug-likeness (QED) is 0.360. The highest BCUT2D eigenvalue weighted by Crippen LogP contribution is 2.33. The molecule has 0 radical (unpaired) electrons. The van der Waals surface area contributed by atoms with Gasteiger partial charge in [-0.25, -0.2) is 4.39 Å². The topological polar surface area (TPSA) is 82.1 Å². The van der Waals surface area contributed by atoms with E-state index in [1.165, 1.54) is 29.4 Å². The first kappa shape index (κ1) is 25.7. The van der Waals surface area contributed by atoms with Crippen LogP contribution in [0.3, 0.4) is 0 Å². The zero-order valence-corrected chi connectivity index (χ0v) is 21.5. The third-order valence-corrected chi connectivity index (χ3v) is 7.43. The number of carbonyl (C=O) groups excluding carboxylic acids is 1. The van der Waals surface area contributed by atoms with Crippen LogP contribution in [0.25, 0.3) is 0 Å². The highest BCUT2D eigenvalue weighted by molar-refractivity contribution is 7.90. The van der Waals surface area contributed by atoms with Gasteiger partial charge < -0.3 is 15.1 Å². The Morgan fingerprint density at radius 1 is 1.17 bits per heavy atom. The Morgan fingerprint density at radius 3 is 2.58 bits per heavy atom. The fraction of sp³-hybridized carbons (Fsp3) is 0.231. The second-order valence-electron chi connectivity index (χ2n) is 8.74. The minimum absolute atomic E-state index is 0.0410. The van der Waals surface area contributed by atoms with E-state index in [-0.39, 0.29) is 23.0 Å². The number of rotatable bonds is 7. The fourth-order valence-electron chi connectivity index (χ4n) is 4.07. The average Bonchev–Trinajstić information content (AvgIpc) is 2.84. The monoisotopic (exact) mass is 528 g/mol. The van der Waals surface area contributed by atoms with Crippen LogP contribution < -0.4 is 10.2 Å². The van der Waals surface area contributed by atoms with Crippen molar-refractivity contribution in [2.24, 2.45) is 4.40 Å². The van der Waals surface area contributed by atoms with Gasteiger partial charge in [-0.3, -0.25) is 4.79 Å². The lowest BCUT2D eigenvalue weighted by Gasteiger charge is -2.32. The highest BCUT2D eigenvalue weighted by atomic mass is 35.5. The Bertz CT molecular complexity index is 1410. The standard InChI is InChI=1S/C26H26ClFN4O3S/c1-31(2)17-29-36(34,35)25-15-21(30-26(33)14-18-5-3-4-6-24(18)27)13-19-16-32(12-11-23(19)25)22-9-7-20(28)8-10-22/h3-10,13,15,17H,11-12,14,16H2,1-2H3,(H,30,33)/b29-17+. The number of benzene rings is 3. The Morgan fingerprint density at radius 2 is 1.89 bits per heavy atom. The molecule has 188 valence electrons. The third-order valence-electron chi connectivity index (χ3n) is 5.77. The minimum atomic E-state index is -4.02. The van der Waals surface area contributed by atoms with Crippen LogP contribution in [0.5, 0.6) is 0 Å². The predicted octanol–water partition coefficient (Wildman–Crippen LogP) is 4.50. The summed E-state index contributed by atoms with van der Waals surface area (Å²) in [5, 5.41) is 3.30. The SMILES string of the molecule is CN(C)/C=N/S(=O)(=O)c1cc(NC(=O)Cc2ccccc2Cl)cc2c1CCN(c1ccc(F)cc1)C2. The number of hydrogen-bond donors (Lipinski definition) is 1. The van der Waals surface area contributed by atoms with E-state index in [4.69, 9.17) is 11.6 Å². The molecule has 0 spiro atoms. The first-order valence-electron chi connectivity index (χ1n) is 11.3. The zero-order valence-electron chi connectivity index (χ0n) is 19.9. The van der Waals surface area contributed by atoms with Crippen molar-refractivity contribution in [1.29, 1.82) is 0 Å². The molecule has 0 atom stereocenters. The van der Waals surface area contributed by atoms with Crippen molar-refractivity contribution in [3.63, 3.8) is 0 Å². The highest BCUT2D eigenvalue weighted by Gasteiger charge is 2.26. The summed E-state index contributed by atoms with van der Waals surface area (Å²) in [4.78, 5) is 16.4. The van der Waals surface area contributed by atoms with Gasteiger partial charge >= 0.3 is 0 Å². The lowest BCUT2D eigenvalue weighted by molar-refractivity contribution is -0.115. The average molecular weight is 529 g/mol.